The summed E-state index contributed by atoms with van der Waals surface area (Å²) >= 11 is 0. The molecule has 1 fully saturated rings. The lowest BCUT2D eigenvalue weighted by molar-refractivity contribution is 0.152. The van der Waals surface area contributed by atoms with Crippen LogP contribution in [-0.4, -0.2) is 61.1 Å². The van der Waals surface area contributed by atoms with E-state index in [1.807, 2.05) is 13.2 Å². The van der Waals surface area contributed by atoms with E-state index in [2.05, 4.69) is 15.1 Å². The van der Waals surface area contributed by atoms with Crippen LogP contribution in [0.2, 0.25) is 0 Å². The van der Waals surface area contributed by atoms with Crippen molar-refractivity contribution in [3.8, 4) is 0 Å². The number of aromatic nitrogens is 2. The molecule has 2 heterocycles. The Morgan fingerprint density at radius 3 is 2.87 bits per heavy atom. The van der Waals surface area contributed by atoms with Crippen LogP contribution in [0.15, 0.2) is 12.4 Å². The van der Waals surface area contributed by atoms with Crippen LogP contribution >= 0.6 is 0 Å². The normalized spacial score (nSPS) is 18.9. The zero-order valence-electron chi connectivity index (χ0n) is 13.7. The van der Waals surface area contributed by atoms with Crippen LogP contribution < -0.4 is 10.0 Å². The highest BCUT2D eigenvalue weighted by molar-refractivity contribution is 7.88. The quantitative estimate of drug-likeness (QED) is 0.764. The number of piperidine rings is 1. The van der Waals surface area contributed by atoms with Crippen molar-refractivity contribution in [3.63, 3.8) is 0 Å². The second kappa shape index (κ2) is 7.78. The van der Waals surface area contributed by atoms with Crippen molar-refractivity contribution in [2.24, 2.45) is 7.05 Å². The number of hydrogen-bond acceptors (Lipinski definition) is 4. The minimum absolute atomic E-state index is 0.0862. The van der Waals surface area contributed by atoms with Crippen molar-refractivity contribution in [2.75, 3.05) is 25.9 Å². The van der Waals surface area contributed by atoms with Gasteiger partial charge in [0.15, 0.2) is 0 Å². The number of amides is 2. The molecule has 1 aromatic heterocycles. The Labute approximate surface area is 137 Å². The molecule has 8 nitrogen and oxygen atoms in total. The molecule has 9 heteroatoms. The molecule has 0 aromatic carbocycles. The molecule has 0 aliphatic carbocycles. The number of nitrogens with zero attached hydrogens (tertiary/aromatic N) is 3. The van der Waals surface area contributed by atoms with E-state index in [4.69, 9.17) is 0 Å². The highest BCUT2D eigenvalue weighted by Gasteiger charge is 2.27. The maximum absolute atomic E-state index is 12.3. The van der Waals surface area contributed by atoms with Gasteiger partial charge in [0.2, 0.25) is 10.0 Å². The van der Waals surface area contributed by atoms with Gasteiger partial charge in [-0.2, -0.15) is 5.10 Å². The number of hydrogen-bond donors (Lipinski definition) is 2. The van der Waals surface area contributed by atoms with E-state index in [9.17, 15) is 13.2 Å². The first kappa shape index (κ1) is 17.7. The SMILES string of the molecule is Cn1cc(CCNC(=O)N2CCCC[C@@H]2CNS(C)(=O)=O)cn1. The van der Waals surface area contributed by atoms with Gasteiger partial charge >= 0.3 is 6.03 Å². The lowest BCUT2D eigenvalue weighted by Gasteiger charge is -2.35. The molecule has 1 atom stereocenters. The van der Waals surface area contributed by atoms with Crippen LogP contribution in [0.5, 0.6) is 0 Å². The summed E-state index contributed by atoms with van der Waals surface area (Å²) in [6.07, 6.45) is 8.34. The van der Waals surface area contributed by atoms with E-state index >= 15 is 0 Å². The second-order valence-corrected chi connectivity index (χ2v) is 7.80. The zero-order chi connectivity index (χ0) is 16.9. The summed E-state index contributed by atoms with van der Waals surface area (Å²) < 4.78 is 26.7. The Morgan fingerprint density at radius 1 is 1.43 bits per heavy atom. The van der Waals surface area contributed by atoms with Crippen molar-refractivity contribution >= 4 is 16.1 Å². The third-order valence-corrected chi connectivity index (χ3v) is 4.61. The van der Waals surface area contributed by atoms with Crippen LogP contribution in [0.3, 0.4) is 0 Å². The fraction of sp³-hybridized carbons (Fsp3) is 0.714. The summed E-state index contributed by atoms with van der Waals surface area (Å²) in [5, 5.41) is 7.00. The molecule has 2 rings (SSSR count). The predicted octanol–water partition coefficient (Wildman–Crippen LogP) is 0.0759. The Bertz CT molecular complexity index is 628. The Kier molecular flexibility index (Phi) is 6.00. The van der Waals surface area contributed by atoms with Gasteiger partial charge < -0.3 is 10.2 Å². The molecular weight excluding hydrogens is 318 g/mol. The van der Waals surface area contributed by atoms with E-state index in [1.54, 1.807) is 15.8 Å². The molecule has 0 saturated carbocycles. The maximum atomic E-state index is 12.3. The molecule has 2 N–H and O–H groups in total. The van der Waals surface area contributed by atoms with Gasteiger partial charge in [-0.1, -0.05) is 0 Å². The van der Waals surface area contributed by atoms with E-state index in [0.717, 1.165) is 37.5 Å². The van der Waals surface area contributed by atoms with Gasteiger partial charge in [-0.3, -0.25) is 4.68 Å². The highest BCUT2D eigenvalue weighted by atomic mass is 32.2. The minimum atomic E-state index is -3.24. The van der Waals surface area contributed by atoms with Crippen LogP contribution in [0, 0.1) is 0 Å². The average molecular weight is 343 g/mol. The molecular formula is C14H25N5O3S. The third kappa shape index (κ3) is 5.83. The molecule has 0 bridgehead atoms. The first-order valence-corrected chi connectivity index (χ1v) is 9.71. The third-order valence-electron chi connectivity index (χ3n) is 3.92. The molecule has 2 amide bonds. The summed E-state index contributed by atoms with van der Waals surface area (Å²) in [5.41, 5.74) is 1.07. The number of rotatable bonds is 6. The lowest BCUT2D eigenvalue weighted by atomic mass is 10.0. The number of carbonyl (C=O) groups excluding carboxylic acids is 1. The van der Waals surface area contributed by atoms with Gasteiger partial charge in [0, 0.05) is 38.9 Å². The minimum Gasteiger partial charge on any atom is -0.338 e. The molecule has 1 aliphatic rings. The molecule has 0 radical (unpaired) electrons. The van der Waals surface area contributed by atoms with Crippen molar-refractivity contribution in [1.82, 2.24) is 24.7 Å². The summed E-state index contributed by atoms with van der Waals surface area (Å²) in [6, 6.07) is -0.217. The standard InChI is InChI=1S/C14H25N5O3S/c1-18-11-12(9-16-18)6-7-15-14(20)19-8-4-3-5-13(19)10-17-23(2,21)22/h9,11,13,17H,3-8,10H2,1-2H3,(H,15,20)/t13-/m1/s1. The van der Waals surface area contributed by atoms with E-state index in [1.165, 1.54) is 0 Å². The van der Waals surface area contributed by atoms with Gasteiger partial charge in [-0.15, -0.1) is 0 Å². The summed E-state index contributed by atoms with van der Waals surface area (Å²) in [7, 11) is -1.38. The van der Waals surface area contributed by atoms with Crippen LogP contribution in [0.1, 0.15) is 24.8 Å². The maximum Gasteiger partial charge on any atom is 0.317 e. The summed E-state index contributed by atoms with van der Waals surface area (Å²) in [6.45, 7) is 1.47. The van der Waals surface area contributed by atoms with Crippen LogP contribution in [-0.2, 0) is 23.5 Å². The van der Waals surface area contributed by atoms with Crippen molar-refractivity contribution in [3.05, 3.63) is 18.0 Å². The number of likely N-dealkylation sites (tertiary alicyclic amines) is 1. The number of carbonyl (C=O) groups is 1. The van der Waals surface area contributed by atoms with Crippen molar-refractivity contribution < 1.29 is 13.2 Å². The summed E-state index contributed by atoms with van der Waals surface area (Å²) in [5.74, 6) is 0. The van der Waals surface area contributed by atoms with Crippen molar-refractivity contribution in [1.29, 1.82) is 0 Å². The van der Waals surface area contributed by atoms with Gasteiger partial charge in [0.1, 0.15) is 0 Å². The van der Waals surface area contributed by atoms with Gasteiger partial charge in [0.25, 0.3) is 0 Å². The topological polar surface area (TPSA) is 96.3 Å². The first-order valence-electron chi connectivity index (χ1n) is 7.82. The van der Waals surface area contributed by atoms with Crippen molar-refractivity contribution in [2.45, 2.75) is 31.7 Å². The molecule has 0 spiro atoms. The van der Waals surface area contributed by atoms with Crippen LogP contribution in [0.4, 0.5) is 4.79 Å². The van der Waals surface area contributed by atoms with Gasteiger partial charge in [-0.05, 0) is 31.2 Å². The van der Waals surface area contributed by atoms with E-state index in [-0.39, 0.29) is 18.6 Å². The Morgan fingerprint density at radius 2 is 2.22 bits per heavy atom. The lowest BCUT2D eigenvalue weighted by Crippen LogP contribution is -2.52. The number of urea groups is 1. The fourth-order valence-corrected chi connectivity index (χ4v) is 3.24. The second-order valence-electron chi connectivity index (χ2n) is 5.97. The predicted molar refractivity (Wildman–Crippen MR) is 87.5 cm³/mol. The van der Waals surface area contributed by atoms with E-state index in [0.29, 0.717) is 13.1 Å². The summed E-state index contributed by atoms with van der Waals surface area (Å²) in [4.78, 5) is 14.1. The molecule has 1 aliphatic heterocycles. The Hall–Kier alpha value is -1.61. The molecule has 23 heavy (non-hydrogen) atoms. The molecule has 130 valence electrons. The van der Waals surface area contributed by atoms with Gasteiger partial charge in [-0.25, -0.2) is 17.9 Å². The zero-order valence-corrected chi connectivity index (χ0v) is 14.5. The largest absolute Gasteiger partial charge is 0.338 e. The average Bonchev–Trinajstić information content (AvgIpc) is 2.90. The molecule has 0 unspecified atom stereocenters. The fourth-order valence-electron chi connectivity index (χ4n) is 2.74. The number of nitrogens with one attached hydrogen (secondary N) is 2. The molecule has 1 aromatic rings. The highest BCUT2D eigenvalue weighted by Crippen LogP contribution is 2.16. The van der Waals surface area contributed by atoms with Gasteiger partial charge in [0.05, 0.1) is 12.5 Å². The number of sulfonamides is 1. The first-order chi connectivity index (χ1) is 10.8. The van der Waals surface area contributed by atoms with Crippen LogP contribution in [0.25, 0.3) is 0 Å². The number of aryl methyl sites for hydroxylation is 1. The molecule has 1 saturated heterocycles. The van der Waals surface area contributed by atoms with E-state index < -0.39 is 10.0 Å². The Balaban J connectivity index is 1.82. The monoisotopic (exact) mass is 343 g/mol. The smallest absolute Gasteiger partial charge is 0.317 e.